The average molecular weight is 231 g/mol. The lowest BCUT2D eigenvalue weighted by molar-refractivity contribution is 0.0921. The van der Waals surface area contributed by atoms with Crippen molar-refractivity contribution in [1.82, 2.24) is 0 Å². The molecular formula is C14H17NO2. The van der Waals surface area contributed by atoms with Crippen molar-refractivity contribution in [2.45, 2.75) is 20.8 Å². The summed E-state index contributed by atoms with van der Waals surface area (Å²) in [5.41, 5.74) is 1.47. The highest BCUT2D eigenvalue weighted by Gasteiger charge is 2.25. The summed E-state index contributed by atoms with van der Waals surface area (Å²) in [6.07, 6.45) is 0. The number of nitrogens with zero attached hydrogens (tertiary/aromatic N) is 1. The summed E-state index contributed by atoms with van der Waals surface area (Å²) in [6, 6.07) is 7.48. The number of ether oxygens (including phenoxy) is 1. The molecule has 0 saturated heterocycles. The standard InChI is InChI=1S/C14H17NO2/c1-9(2)12(8-15)14(16)11-7-10(3)5-6-13(11)17-4/h5-7,9,12H,1-4H3. The minimum absolute atomic E-state index is 0.00211. The third-order valence-corrected chi connectivity index (χ3v) is 2.71. The van der Waals surface area contributed by atoms with Gasteiger partial charge in [0.2, 0.25) is 0 Å². The zero-order chi connectivity index (χ0) is 13.0. The molecule has 0 radical (unpaired) electrons. The highest BCUT2D eigenvalue weighted by atomic mass is 16.5. The predicted octanol–water partition coefficient (Wildman–Crippen LogP) is 2.98. The Morgan fingerprint density at radius 2 is 2.06 bits per heavy atom. The molecule has 17 heavy (non-hydrogen) atoms. The summed E-state index contributed by atoms with van der Waals surface area (Å²) >= 11 is 0. The van der Waals surface area contributed by atoms with Crippen molar-refractivity contribution >= 4 is 5.78 Å². The van der Waals surface area contributed by atoms with E-state index in [1.807, 2.05) is 26.8 Å². The van der Waals surface area contributed by atoms with Crippen LogP contribution >= 0.6 is 0 Å². The maximum absolute atomic E-state index is 12.2. The Morgan fingerprint density at radius 3 is 2.53 bits per heavy atom. The lowest BCUT2D eigenvalue weighted by Crippen LogP contribution is -2.19. The fourth-order valence-corrected chi connectivity index (χ4v) is 1.69. The van der Waals surface area contributed by atoms with Gasteiger partial charge in [0.25, 0.3) is 0 Å². The van der Waals surface area contributed by atoms with E-state index in [1.165, 1.54) is 7.11 Å². The summed E-state index contributed by atoms with van der Waals surface area (Å²) in [4.78, 5) is 12.2. The number of rotatable bonds is 4. The van der Waals surface area contributed by atoms with Crippen LogP contribution in [0.2, 0.25) is 0 Å². The van der Waals surface area contributed by atoms with Gasteiger partial charge in [-0.1, -0.05) is 25.5 Å². The summed E-state index contributed by atoms with van der Waals surface area (Å²) in [5.74, 6) is -0.257. The van der Waals surface area contributed by atoms with Crippen LogP contribution in [0.25, 0.3) is 0 Å². The van der Waals surface area contributed by atoms with Gasteiger partial charge in [0.05, 0.1) is 18.7 Å². The molecule has 1 atom stereocenters. The van der Waals surface area contributed by atoms with Crippen molar-refractivity contribution in [1.29, 1.82) is 5.26 Å². The number of carbonyl (C=O) groups is 1. The van der Waals surface area contributed by atoms with E-state index in [2.05, 4.69) is 6.07 Å². The molecule has 0 N–H and O–H groups in total. The predicted molar refractivity (Wildman–Crippen MR) is 66.0 cm³/mol. The van der Waals surface area contributed by atoms with Crippen molar-refractivity contribution in [2.24, 2.45) is 11.8 Å². The van der Waals surface area contributed by atoms with Crippen molar-refractivity contribution in [3.63, 3.8) is 0 Å². The summed E-state index contributed by atoms with van der Waals surface area (Å²) in [7, 11) is 1.53. The van der Waals surface area contributed by atoms with Gasteiger partial charge in [0.1, 0.15) is 11.7 Å². The first-order valence-electron chi connectivity index (χ1n) is 5.59. The van der Waals surface area contributed by atoms with Gasteiger partial charge in [-0.2, -0.15) is 5.26 Å². The molecule has 0 fully saturated rings. The number of hydrogen-bond donors (Lipinski definition) is 0. The van der Waals surface area contributed by atoms with Crippen LogP contribution < -0.4 is 4.74 Å². The Bertz CT molecular complexity index is 458. The second-order valence-corrected chi connectivity index (χ2v) is 4.42. The van der Waals surface area contributed by atoms with E-state index in [0.717, 1.165) is 5.56 Å². The van der Waals surface area contributed by atoms with Gasteiger partial charge in [0, 0.05) is 0 Å². The first-order chi connectivity index (χ1) is 8.01. The van der Waals surface area contributed by atoms with E-state index in [1.54, 1.807) is 12.1 Å². The Balaban J connectivity index is 3.19. The molecule has 0 heterocycles. The molecule has 3 heteroatoms. The molecule has 0 aliphatic heterocycles. The zero-order valence-corrected chi connectivity index (χ0v) is 10.7. The molecule has 1 aromatic rings. The van der Waals surface area contributed by atoms with Gasteiger partial charge in [-0.15, -0.1) is 0 Å². The second kappa shape index (κ2) is 5.49. The van der Waals surface area contributed by atoms with Crippen molar-refractivity contribution < 1.29 is 9.53 Å². The highest BCUT2D eigenvalue weighted by molar-refractivity contribution is 6.02. The van der Waals surface area contributed by atoms with Crippen LogP contribution in [-0.2, 0) is 0 Å². The van der Waals surface area contributed by atoms with Crippen molar-refractivity contribution in [3.05, 3.63) is 29.3 Å². The molecule has 0 spiro atoms. The molecular weight excluding hydrogens is 214 g/mol. The quantitative estimate of drug-likeness (QED) is 0.748. The van der Waals surface area contributed by atoms with Crippen LogP contribution in [0.3, 0.4) is 0 Å². The largest absolute Gasteiger partial charge is 0.496 e. The van der Waals surface area contributed by atoms with E-state index in [-0.39, 0.29) is 11.7 Å². The molecule has 0 aromatic heterocycles. The van der Waals surface area contributed by atoms with Crippen LogP contribution in [0.1, 0.15) is 29.8 Å². The fourth-order valence-electron chi connectivity index (χ4n) is 1.69. The third kappa shape index (κ3) is 2.85. The second-order valence-electron chi connectivity index (χ2n) is 4.42. The summed E-state index contributed by atoms with van der Waals surface area (Å²) in [5, 5.41) is 9.05. The Hall–Kier alpha value is -1.82. The first kappa shape index (κ1) is 13.2. The lowest BCUT2D eigenvalue weighted by Gasteiger charge is -2.14. The summed E-state index contributed by atoms with van der Waals surface area (Å²) < 4.78 is 5.17. The molecule has 0 saturated carbocycles. The number of ketones is 1. The minimum atomic E-state index is -0.620. The normalized spacial score (nSPS) is 12.0. The number of methoxy groups -OCH3 is 1. The van der Waals surface area contributed by atoms with Gasteiger partial charge in [-0.3, -0.25) is 4.79 Å². The van der Waals surface area contributed by atoms with E-state index >= 15 is 0 Å². The first-order valence-corrected chi connectivity index (χ1v) is 5.59. The molecule has 0 bridgehead atoms. The maximum atomic E-state index is 12.2. The number of aryl methyl sites for hydroxylation is 1. The van der Waals surface area contributed by atoms with Crippen molar-refractivity contribution in [2.75, 3.05) is 7.11 Å². The van der Waals surface area contributed by atoms with E-state index in [4.69, 9.17) is 10.00 Å². The number of Topliss-reactive ketones (excluding diaryl/α,β-unsaturated/α-hetero) is 1. The van der Waals surface area contributed by atoms with Gasteiger partial charge >= 0.3 is 0 Å². The van der Waals surface area contributed by atoms with Gasteiger partial charge in [-0.25, -0.2) is 0 Å². The highest BCUT2D eigenvalue weighted by Crippen LogP contribution is 2.25. The van der Waals surface area contributed by atoms with Crippen LogP contribution in [0.15, 0.2) is 18.2 Å². The van der Waals surface area contributed by atoms with Crippen LogP contribution in [0.5, 0.6) is 5.75 Å². The molecule has 0 amide bonds. The molecule has 0 aliphatic rings. The third-order valence-electron chi connectivity index (χ3n) is 2.71. The smallest absolute Gasteiger partial charge is 0.183 e. The molecule has 1 unspecified atom stereocenters. The van der Waals surface area contributed by atoms with Crippen LogP contribution in [-0.4, -0.2) is 12.9 Å². The van der Waals surface area contributed by atoms with E-state index < -0.39 is 5.92 Å². The van der Waals surface area contributed by atoms with Gasteiger partial charge in [-0.05, 0) is 25.0 Å². The average Bonchev–Trinajstić information content (AvgIpc) is 2.29. The molecule has 3 nitrogen and oxygen atoms in total. The molecule has 1 rings (SSSR count). The monoisotopic (exact) mass is 231 g/mol. The maximum Gasteiger partial charge on any atom is 0.183 e. The minimum Gasteiger partial charge on any atom is -0.496 e. The molecule has 0 aliphatic carbocycles. The number of hydrogen-bond acceptors (Lipinski definition) is 3. The van der Waals surface area contributed by atoms with Crippen LogP contribution in [0.4, 0.5) is 0 Å². The van der Waals surface area contributed by atoms with Crippen LogP contribution in [0, 0.1) is 30.1 Å². The molecule has 90 valence electrons. The lowest BCUT2D eigenvalue weighted by atomic mass is 9.88. The van der Waals surface area contributed by atoms with Crippen molar-refractivity contribution in [3.8, 4) is 11.8 Å². The molecule has 1 aromatic carbocycles. The Kier molecular flexibility index (Phi) is 4.28. The Morgan fingerprint density at radius 1 is 1.41 bits per heavy atom. The van der Waals surface area contributed by atoms with Gasteiger partial charge in [0.15, 0.2) is 5.78 Å². The van der Waals surface area contributed by atoms with Gasteiger partial charge < -0.3 is 4.74 Å². The topological polar surface area (TPSA) is 50.1 Å². The fraction of sp³-hybridized carbons (Fsp3) is 0.429. The van der Waals surface area contributed by atoms with E-state index in [9.17, 15) is 4.79 Å². The summed E-state index contributed by atoms with van der Waals surface area (Å²) in [6.45, 7) is 5.65. The number of carbonyl (C=O) groups excluding carboxylic acids is 1. The Labute approximate surface area is 102 Å². The number of benzene rings is 1. The SMILES string of the molecule is COc1ccc(C)cc1C(=O)C(C#N)C(C)C. The number of nitriles is 1. The van der Waals surface area contributed by atoms with E-state index in [0.29, 0.717) is 11.3 Å². The zero-order valence-electron chi connectivity index (χ0n) is 10.7.